The minimum Gasteiger partial charge on any atom is -0.324 e. The maximum absolute atomic E-state index is 12.1. The Kier molecular flexibility index (Phi) is 4.01. The molecule has 0 radical (unpaired) electrons. The van der Waals surface area contributed by atoms with Gasteiger partial charge in [0.2, 0.25) is 0 Å². The lowest BCUT2D eigenvalue weighted by molar-refractivity contribution is -0.129. The van der Waals surface area contributed by atoms with Crippen molar-refractivity contribution in [3.63, 3.8) is 0 Å². The molecule has 0 spiro atoms. The van der Waals surface area contributed by atoms with Crippen LogP contribution in [-0.2, 0) is 14.4 Å². The quantitative estimate of drug-likeness (QED) is 0.672. The van der Waals surface area contributed by atoms with Gasteiger partial charge in [0.05, 0.1) is 13.1 Å². The molecule has 0 aromatic rings. The van der Waals surface area contributed by atoms with Crippen molar-refractivity contribution < 1.29 is 14.4 Å². The van der Waals surface area contributed by atoms with E-state index >= 15 is 0 Å². The molecule has 0 bridgehead atoms. The first-order valence-corrected chi connectivity index (χ1v) is 6.08. The summed E-state index contributed by atoms with van der Waals surface area (Å²) in [6, 6.07) is -0.522. The van der Waals surface area contributed by atoms with Gasteiger partial charge < -0.3 is 10.5 Å². The summed E-state index contributed by atoms with van der Waals surface area (Å²) in [6.45, 7) is 0.116. The molecule has 2 aliphatic rings. The van der Waals surface area contributed by atoms with E-state index in [1.54, 1.807) is 12.2 Å². The molecule has 1 amide bonds. The molecule has 0 unspecified atom stereocenters. The Morgan fingerprint density at radius 2 is 2.00 bits per heavy atom. The fourth-order valence-electron chi connectivity index (χ4n) is 2.17. The molecule has 1 aliphatic carbocycles. The van der Waals surface area contributed by atoms with Gasteiger partial charge in [-0.1, -0.05) is 12.2 Å². The zero-order chi connectivity index (χ0) is 13.8. The Labute approximate surface area is 110 Å². The number of carbonyl (C=O) groups is 3. The summed E-state index contributed by atoms with van der Waals surface area (Å²) in [5.74, 6) is 0.196. The summed E-state index contributed by atoms with van der Waals surface area (Å²) in [5, 5.41) is 0. The molecule has 2 N–H and O–H groups in total. The Morgan fingerprint density at radius 3 is 2.58 bits per heavy atom. The van der Waals surface area contributed by atoms with E-state index in [1.807, 2.05) is 0 Å². The van der Waals surface area contributed by atoms with Crippen LogP contribution in [0, 0.1) is 5.92 Å². The summed E-state index contributed by atoms with van der Waals surface area (Å²) in [7, 11) is 0. The van der Waals surface area contributed by atoms with E-state index < -0.39 is 6.04 Å². The van der Waals surface area contributed by atoms with Crippen LogP contribution in [0.3, 0.4) is 0 Å². The van der Waals surface area contributed by atoms with Gasteiger partial charge in [-0.05, 0) is 24.5 Å². The highest BCUT2D eigenvalue weighted by atomic mass is 16.2. The van der Waals surface area contributed by atoms with Crippen LogP contribution in [-0.4, -0.2) is 47.8 Å². The van der Waals surface area contributed by atoms with Crippen molar-refractivity contribution in [2.75, 3.05) is 13.1 Å². The van der Waals surface area contributed by atoms with Gasteiger partial charge in [0.25, 0.3) is 5.91 Å². The van der Waals surface area contributed by atoms with Crippen LogP contribution in [0.25, 0.3) is 0 Å². The molecular weight excluding hydrogens is 246 g/mol. The number of carbonyl (C=O) groups excluding carboxylic acids is 3. The SMILES string of the molecule is NCC1=N[C@@H](CC2C=CC(=O)C=C2)C(=O)N1CC=O. The topological polar surface area (TPSA) is 92.8 Å². The number of amides is 1. The largest absolute Gasteiger partial charge is 0.324 e. The van der Waals surface area contributed by atoms with E-state index in [0.29, 0.717) is 18.5 Å². The zero-order valence-electron chi connectivity index (χ0n) is 10.4. The highest BCUT2D eigenvalue weighted by Crippen LogP contribution is 2.21. The smallest absolute Gasteiger partial charge is 0.253 e. The van der Waals surface area contributed by atoms with E-state index in [9.17, 15) is 14.4 Å². The summed E-state index contributed by atoms with van der Waals surface area (Å²) >= 11 is 0. The number of ketones is 1. The number of nitrogens with two attached hydrogens (primary N) is 1. The van der Waals surface area contributed by atoms with Crippen molar-refractivity contribution in [2.24, 2.45) is 16.6 Å². The van der Waals surface area contributed by atoms with Gasteiger partial charge in [0.1, 0.15) is 18.2 Å². The van der Waals surface area contributed by atoms with Crippen LogP contribution < -0.4 is 5.73 Å². The number of nitrogens with zero attached hydrogens (tertiary/aromatic N) is 2. The predicted octanol–water partition coefficient (Wildman–Crippen LogP) is -0.545. The van der Waals surface area contributed by atoms with Gasteiger partial charge >= 0.3 is 0 Å². The average Bonchev–Trinajstić information content (AvgIpc) is 2.70. The van der Waals surface area contributed by atoms with Crippen molar-refractivity contribution in [1.29, 1.82) is 0 Å². The standard InChI is InChI=1S/C13H15N3O3/c14-8-12-15-11(13(19)16(12)5-6-17)7-9-1-3-10(18)4-2-9/h1-4,6,9,11H,5,7-8,14H2/t11-/m0/s1. The lowest BCUT2D eigenvalue weighted by Gasteiger charge is -2.16. The second-order valence-electron chi connectivity index (χ2n) is 4.40. The van der Waals surface area contributed by atoms with E-state index in [0.717, 1.165) is 0 Å². The number of hydrogen-bond acceptors (Lipinski definition) is 5. The second kappa shape index (κ2) is 5.71. The second-order valence-corrected chi connectivity index (χ2v) is 4.40. The number of amidine groups is 1. The van der Waals surface area contributed by atoms with Crippen molar-refractivity contribution >= 4 is 23.8 Å². The Morgan fingerprint density at radius 1 is 1.32 bits per heavy atom. The Hall–Kier alpha value is -2.08. The molecule has 0 saturated heterocycles. The third-order valence-corrected chi connectivity index (χ3v) is 3.12. The number of aliphatic imine (C=N–C) groups is 1. The molecule has 100 valence electrons. The number of rotatable bonds is 5. The van der Waals surface area contributed by atoms with Gasteiger partial charge in [-0.15, -0.1) is 0 Å². The normalized spacial score (nSPS) is 23.1. The molecule has 0 saturated carbocycles. The van der Waals surface area contributed by atoms with Crippen molar-refractivity contribution in [3.8, 4) is 0 Å². The zero-order valence-corrected chi connectivity index (χ0v) is 10.4. The van der Waals surface area contributed by atoms with Crippen molar-refractivity contribution in [1.82, 2.24) is 4.90 Å². The van der Waals surface area contributed by atoms with Crippen molar-refractivity contribution in [3.05, 3.63) is 24.3 Å². The monoisotopic (exact) mass is 261 g/mol. The summed E-state index contributed by atoms with van der Waals surface area (Å²) in [5.41, 5.74) is 5.52. The molecule has 0 fully saturated rings. The maximum atomic E-state index is 12.1. The Balaban J connectivity index is 2.05. The van der Waals surface area contributed by atoms with Crippen LogP contribution in [0.2, 0.25) is 0 Å². The van der Waals surface area contributed by atoms with Gasteiger partial charge in [-0.3, -0.25) is 19.5 Å². The molecule has 2 rings (SSSR count). The van der Waals surface area contributed by atoms with Gasteiger partial charge in [-0.2, -0.15) is 0 Å². The number of allylic oxidation sites excluding steroid dienone is 4. The summed E-state index contributed by atoms with van der Waals surface area (Å²) < 4.78 is 0. The van der Waals surface area contributed by atoms with E-state index in [4.69, 9.17) is 5.73 Å². The van der Waals surface area contributed by atoms with Crippen molar-refractivity contribution in [2.45, 2.75) is 12.5 Å². The predicted molar refractivity (Wildman–Crippen MR) is 69.4 cm³/mol. The number of hydrogen-bond donors (Lipinski definition) is 1. The summed E-state index contributed by atoms with van der Waals surface area (Å²) in [6.07, 6.45) is 7.63. The molecule has 0 aromatic carbocycles. The average molecular weight is 261 g/mol. The Bertz CT molecular complexity index is 477. The van der Waals surface area contributed by atoms with E-state index in [2.05, 4.69) is 4.99 Å². The van der Waals surface area contributed by atoms with Crippen LogP contribution >= 0.6 is 0 Å². The molecule has 0 aromatic heterocycles. The molecule has 1 aliphatic heterocycles. The third-order valence-electron chi connectivity index (χ3n) is 3.12. The molecule has 1 heterocycles. The van der Waals surface area contributed by atoms with Crippen LogP contribution in [0.1, 0.15) is 6.42 Å². The molecule has 19 heavy (non-hydrogen) atoms. The fourth-order valence-corrected chi connectivity index (χ4v) is 2.17. The lowest BCUT2D eigenvalue weighted by Crippen LogP contribution is -2.39. The molecule has 6 heteroatoms. The first kappa shape index (κ1) is 13.4. The lowest BCUT2D eigenvalue weighted by atomic mass is 9.95. The first-order chi connectivity index (χ1) is 9.15. The van der Waals surface area contributed by atoms with E-state index in [1.165, 1.54) is 17.1 Å². The minimum absolute atomic E-state index is 0.00519. The maximum Gasteiger partial charge on any atom is 0.253 e. The number of aldehydes is 1. The van der Waals surface area contributed by atoms with Crippen LogP contribution in [0.4, 0.5) is 0 Å². The van der Waals surface area contributed by atoms with E-state index in [-0.39, 0.29) is 30.7 Å². The highest BCUT2D eigenvalue weighted by Gasteiger charge is 2.34. The molecule has 1 atom stereocenters. The molecule has 6 nitrogen and oxygen atoms in total. The third kappa shape index (κ3) is 2.85. The highest BCUT2D eigenvalue weighted by molar-refractivity contribution is 6.07. The van der Waals surface area contributed by atoms with Gasteiger partial charge in [0.15, 0.2) is 5.78 Å². The van der Waals surface area contributed by atoms with Crippen LogP contribution in [0.5, 0.6) is 0 Å². The minimum atomic E-state index is -0.522. The molecular formula is C13H15N3O3. The summed E-state index contributed by atoms with van der Waals surface area (Å²) in [4.78, 5) is 39.2. The first-order valence-electron chi connectivity index (χ1n) is 6.08. The van der Waals surface area contributed by atoms with Gasteiger partial charge in [-0.25, -0.2) is 0 Å². The van der Waals surface area contributed by atoms with Gasteiger partial charge in [0, 0.05) is 0 Å². The van der Waals surface area contributed by atoms with Crippen LogP contribution in [0.15, 0.2) is 29.3 Å². The fraction of sp³-hybridized carbons (Fsp3) is 0.385.